The van der Waals surface area contributed by atoms with E-state index >= 15 is 0 Å². The van der Waals surface area contributed by atoms with E-state index in [-0.39, 0.29) is 0 Å². The summed E-state index contributed by atoms with van der Waals surface area (Å²) in [5.74, 6) is 1.54. The van der Waals surface area contributed by atoms with Crippen LogP contribution in [0.4, 0.5) is 0 Å². The molecule has 130 valence electrons. The lowest BCUT2D eigenvalue weighted by atomic mass is 9.69. The first-order valence-electron chi connectivity index (χ1n) is 8.72. The minimum Gasteiger partial charge on any atom is -0.307 e. The summed E-state index contributed by atoms with van der Waals surface area (Å²) in [5, 5.41) is 16.0. The van der Waals surface area contributed by atoms with Crippen molar-refractivity contribution in [3.8, 4) is 5.69 Å². The number of benzene rings is 1. The fraction of sp³-hybridized carbons (Fsp3) is 0.611. The zero-order valence-electron chi connectivity index (χ0n) is 14.7. The molecule has 0 saturated heterocycles. The summed E-state index contributed by atoms with van der Waals surface area (Å²) in [5.41, 5.74) is 1.29. The van der Waals surface area contributed by atoms with Crippen molar-refractivity contribution in [2.75, 3.05) is 0 Å². The minimum atomic E-state index is 0.326. The molecule has 1 saturated carbocycles. The molecule has 3 rings (SSSR count). The van der Waals surface area contributed by atoms with Gasteiger partial charge in [0.25, 0.3) is 0 Å². The summed E-state index contributed by atoms with van der Waals surface area (Å²) in [6, 6.07) is 8.54. The van der Waals surface area contributed by atoms with E-state index in [1.54, 1.807) is 0 Å². The lowest BCUT2D eigenvalue weighted by Gasteiger charge is -2.41. The zero-order chi connectivity index (χ0) is 17.2. The van der Waals surface area contributed by atoms with Crippen molar-refractivity contribution >= 4 is 15.9 Å². The predicted octanol–water partition coefficient (Wildman–Crippen LogP) is 4.12. The van der Waals surface area contributed by atoms with Gasteiger partial charge in [0.05, 0.1) is 12.2 Å². The maximum absolute atomic E-state index is 4.22. The molecule has 0 spiro atoms. The van der Waals surface area contributed by atoms with Gasteiger partial charge in [0, 0.05) is 10.5 Å². The zero-order valence-corrected chi connectivity index (χ0v) is 16.3. The van der Waals surface area contributed by atoms with Gasteiger partial charge in [-0.2, -0.15) is 4.68 Å². The van der Waals surface area contributed by atoms with Gasteiger partial charge < -0.3 is 5.32 Å². The third kappa shape index (κ3) is 3.86. The first kappa shape index (κ1) is 17.5. The Kier molecular flexibility index (Phi) is 5.35. The van der Waals surface area contributed by atoms with E-state index < -0.39 is 0 Å². The molecule has 0 unspecified atom stereocenters. The first-order valence-corrected chi connectivity index (χ1v) is 9.51. The molecule has 1 fully saturated rings. The number of nitrogens with one attached hydrogen (secondary N) is 1. The number of hydrogen-bond donors (Lipinski definition) is 1. The monoisotopic (exact) mass is 391 g/mol. The van der Waals surface area contributed by atoms with E-state index in [1.165, 1.54) is 25.7 Å². The van der Waals surface area contributed by atoms with Gasteiger partial charge in [-0.05, 0) is 62.7 Å². The second-order valence-electron chi connectivity index (χ2n) is 7.70. The van der Waals surface area contributed by atoms with Crippen molar-refractivity contribution < 1.29 is 0 Å². The van der Waals surface area contributed by atoms with Gasteiger partial charge >= 0.3 is 0 Å². The van der Waals surface area contributed by atoms with E-state index in [0.717, 1.165) is 16.0 Å². The number of rotatable bonds is 4. The highest BCUT2D eigenvalue weighted by molar-refractivity contribution is 9.10. The van der Waals surface area contributed by atoms with Gasteiger partial charge in [-0.3, -0.25) is 0 Å². The average Bonchev–Trinajstić information content (AvgIpc) is 3.01. The second kappa shape index (κ2) is 7.31. The lowest BCUT2D eigenvalue weighted by Crippen LogP contribution is -2.44. The molecule has 24 heavy (non-hydrogen) atoms. The number of nitrogens with zero attached hydrogens (tertiary/aromatic N) is 4. The highest BCUT2D eigenvalue weighted by atomic mass is 79.9. The fourth-order valence-corrected chi connectivity index (χ4v) is 4.21. The third-order valence-corrected chi connectivity index (χ3v) is 5.69. The van der Waals surface area contributed by atoms with Gasteiger partial charge in [0.15, 0.2) is 5.82 Å². The van der Waals surface area contributed by atoms with Crippen molar-refractivity contribution in [1.29, 1.82) is 0 Å². The Labute approximate surface area is 152 Å². The van der Waals surface area contributed by atoms with E-state index in [9.17, 15) is 0 Å². The van der Waals surface area contributed by atoms with Gasteiger partial charge in [0.2, 0.25) is 0 Å². The molecule has 1 aliphatic carbocycles. The van der Waals surface area contributed by atoms with Crippen LogP contribution in [0.5, 0.6) is 0 Å². The molecular weight excluding hydrogens is 366 g/mol. The smallest absolute Gasteiger partial charge is 0.170 e. The third-order valence-electron chi connectivity index (χ3n) is 5.02. The lowest BCUT2D eigenvalue weighted by molar-refractivity contribution is 0.129. The molecule has 1 aromatic carbocycles. The van der Waals surface area contributed by atoms with Crippen LogP contribution in [-0.2, 0) is 6.54 Å². The maximum atomic E-state index is 4.22. The fourth-order valence-electron chi connectivity index (χ4n) is 3.76. The standard InChI is InChI=1S/C18H26BrN5/c1-18(2,3)13-8-4-6-10-15(13)20-12-17-21-22-23-24(17)16-11-7-5-9-14(16)19/h5,7,9,11,13,15,20H,4,6,8,10,12H2,1-3H3/t13-,15-/m0/s1. The van der Waals surface area contributed by atoms with Crippen LogP contribution in [0.15, 0.2) is 28.7 Å². The minimum absolute atomic E-state index is 0.326. The van der Waals surface area contributed by atoms with Crippen LogP contribution in [0.25, 0.3) is 5.69 Å². The molecule has 2 atom stereocenters. The summed E-state index contributed by atoms with van der Waals surface area (Å²) in [6.07, 6.45) is 5.18. The molecule has 0 radical (unpaired) electrons. The molecule has 0 aliphatic heterocycles. The van der Waals surface area contributed by atoms with Crippen LogP contribution in [0.2, 0.25) is 0 Å². The first-order chi connectivity index (χ1) is 11.5. The van der Waals surface area contributed by atoms with Crippen LogP contribution < -0.4 is 5.32 Å². The Balaban J connectivity index is 1.74. The van der Waals surface area contributed by atoms with E-state index in [2.05, 4.69) is 57.5 Å². The van der Waals surface area contributed by atoms with Crippen LogP contribution in [0.1, 0.15) is 52.3 Å². The number of tetrazole rings is 1. The molecule has 0 amide bonds. The number of hydrogen-bond acceptors (Lipinski definition) is 4. The Bertz CT molecular complexity index is 676. The summed E-state index contributed by atoms with van der Waals surface area (Å²) < 4.78 is 2.80. The van der Waals surface area contributed by atoms with E-state index in [0.29, 0.717) is 23.9 Å². The molecule has 6 heteroatoms. The summed E-state index contributed by atoms with van der Waals surface area (Å²) in [6.45, 7) is 7.74. The Morgan fingerprint density at radius 3 is 2.71 bits per heavy atom. The van der Waals surface area contributed by atoms with Crippen LogP contribution >= 0.6 is 15.9 Å². The highest BCUT2D eigenvalue weighted by Gasteiger charge is 2.34. The number of halogens is 1. The van der Waals surface area contributed by atoms with Crippen molar-refractivity contribution in [3.05, 3.63) is 34.6 Å². The number of para-hydroxylation sites is 1. The number of aromatic nitrogens is 4. The SMILES string of the molecule is CC(C)(C)[C@H]1CCCC[C@@H]1NCc1nnnn1-c1ccccc1Br. The molecule has 1 aliphatic rings. The quantitative estimate of drug-likeness (QED) is 0.851. The van der Waals surface area contributed by atoms with E-state index in [1.807, 2.05) is 28.9 Å². The van der Waals surface area contributed by atoms with Crippen molar-refractivity contribution in [1.82, 2.24) is 25.5 Å². The van der Waals surface area contributed by atoms with Crippen molar-refractivity contribution in [3.63, 3.8) is 0 Å². The topological polar surface area (TPSA) is 55.6 Å². The Morgan fingerprint density at radius 2 is 1.96 bits per heavy atom. The molecule has 0 bridgehead atoms. The van der Waals surface area contributed by atoms with Gasteiger partial charge in [-0.15, -0.1) is 5.10 Å². The largest absolute Gasteiger partial charge is 0.307 e. The molecule has 1 aromatic heterocycles. The summed E-state index contributed by atoms with van der Waals surface area (Å²) >= 11 is 3.58. The van der Waals surface area contributed by atoms with Crippen LogP contribution in [0.3, 0.4) is 0 Å². The second-order valence-corrected chi connectivity index (χ2v) is 8.56. The molecule has 1 N–H and O–H groups in total. The van der Waals surface area contributed by atoms with Crippen molar-refractivity contribution in [2.45, 2.75) is 59.0 Å². The highest BCUT2D eigenvalue weighted by Crippen LogP contribution is 2.38. The molecule has 2 aromatic rings. The van der Waals surface area contributed by atoms with Gasteiger partial charge in [-0.1, -0.05) is 45.7 Å². The molecule has 1 heterocycles. The predicted molar refractivity (Wildman–Crippen MR) is 98.9 cm³/mol. The summed E-state index contributed by atoms with van der Waals surface area (Å²) in [4.78, 5) is 0. The van der Waals surface area contributed by atoms with Gasteiger partial charge in [0.1, 0.15) is 0 Å². The van der Waals surface area contributed by atoms with Crippen LogP contribution in [0, 0.1) is 11.3 Å². The Morgan fingerprint density at radius 1 is 1.21 bits per heavy atom. The van der Waals surface area contributed by atoms with E-state index in [4.69, 9.17) is 0 Å². The average molecular weight is 392 g/mol. The summed E-state index contributed by atoms with van der Waals surface area (Å²) in [7, 11) is 0. The van der Waals surface area contributed by atoms with Crippen molar-refractivity contribution in [2.24, 2.45) is 11.3 Å². The maximum Gasteiger partial charge on any atom is 0.170 e. The Hall–Kier alpha value is -1.27. The normalized spacial score (nSPS) is 21.8. The van der Waals surface area contributed by atoms with Gasteiger partial charge in [-0.25, -0.2) is 0 Å². The molecule has 5 nitrogen and oxygen atoms in total. The van der Waals surface area contributed by atoms with Crippen LogP contribution in [-0.4, -0.2) is 26.2 Å². The molecular formula is C18H26BrN5.